The van der Waals surface area contributed by atoms with Crippen molar-refractivity contribution in [2.75, 3.05) is 25.5 Å². The number of anilines is 2. The highest BCUT2D eigenvalue weighted by Gasteiger charge is 2.46. The third kappa shape index (κ3) is 5.89. The van der Waals surface area contributed by atoms with Gasteiger partial charge in [0, 0.05) is 61.9 Å². The Morgan fingerprint density at radius 2 is 1.67 bits per heavy atom. The molecule has 2 aliphatic heterocycles. The van der Waals surface area contributed by atoms with E-state index in [1.54, 1.807) is 31.4 Å². The lowest BCUT2D eigenvalue weighted by Gasteiger charge is -2.28. The summed E-state index contributed by atoms with van der Waals surface area (Å²) in [7, 11) is 4.01. The van der Waals surface area contributed by atoms with Crippen LogP contribution in [0.25, 0.3) is 33.4 Å². The van der Waals surface area contributed by atoms with Crippen molar-refractivity contribution in [2.45, 2.75) is 49.9 Å². The van der Waals surface area contributed by atoms with Crippen LogP contribution in [0, 0.1) is 0 Å². The summed E-state index contributed by atoms with van der Waals surface area (Å²) in [6.45, 7) is 1.65. The Balaban J connectivity index is 1.15. The van der Waals surface area contributed by atoms with Crippen LogP contribution in [0.2, 0.25) is 10.0 Å². The number of pyridine rings is 1. The first-order valence-corrected chi connectivity index (χ1v) is 18.0. The smallest absolute Gasteiger partial charge is 0.451 e. The minimum absolute atomic E-state index is 0.0858. The minimum Gasteiger partial charge on any atom is -0.481 e. The van der Waals surface area contributed by atoms with Gasteiger partial charge >= 0.3 is 11.9 Å². The summed E-state index contributed by atoms with van der Waals surface area (Å²) in [5.74, 6) is -1.41. The fourth-order valence-corrected chi connectivity index (χ4v) is 8.67. The molecule has 1 amide bonds. The van der Waals surface area contributed by atoms with Gasteiger partial charge in [-0.2, -0.15) is 13.2 Å². The van der Waals surface area contributed by atoms with Crippen molar-refractivity contribution in [1.29, 1.82) is 0 Å². The second-order valence-electron chi connectivity index (χ2n) is 14.0. The number of hydrogen-bond donors (Lipinski definition) is 2. The molecular weight excluding hydrogens is 748 g/mol. The molecule has 12 nitrogen and oxygen atoms in total. The quantitative estimate of drug-likeness (QED) is 0.207. The van der Waals surface area contributed by atoms with Crippen LogP contribution in [-0.2, 0) is 31.5 Å². The molecule has 3 aromatic heterocycles. The predicted molar refractivity (Wildman–Crippen MR) is 197 cm³/mol. The van der Waals surface area contributed by atoms with Gasteiger partial charge in [-0.1, -0.05) is 53.5 Å². The fourth-order valence-electron chi connectivity index (χ4n) is 8.07. The number of carbonyl (C=O) groups excluding carboxylic acids is 1. The second kappa shape index (κ2) is 13.1. The maximum atomic E-state index is 13.9. The van der Waals surface area contributed by atoms with Gasteiger partial charge in [0.05, 0.1) is 34.1 Å². The largest absolute Gasteiger partial charge is 0.481 e. The number of benzene rings is 2. The van der Waals surface area contributed by atoms with Crippen LogP contribution in [0.15, 0.2) is 52.1 Å². The standard InChI is InChI=1S/C37H33Cl2F3N8O4/c1-48-31-27(33(52)49(2)35(48)53)30(45-34(46-31)37(40,41)42)43-22-9-5-7-20(29(22)39)19-6-4-8-21(28(19)38)23-16-18-10-11-24(26(18)32(44-23)54-3)50-15-14-36(17-50)13-12-25(51)47-36/h4-9,16,24H,10-15,17H2,1-3H3,(H,47,51)(H,43,45,46). The number of carbonyl (C=O) groups is 1. The third-order valence-electron chi connectivity index (χ3n) is 10.8. The molecule has 17 heteroatoms. The van der Waals surface area contributed by atoms with E-state index in [9.17, 15) is 27.6 Å². The molecule has 280 valence electrons. The maximum absolute atomic E-state index is 13.9. The Morgan fingerprint density at radius 3 is 2.37 bits per heavy atom. The molecule has 1 spiro atoms. The van der Waals surface area contributed by atoms with Gasteiger partial charge in [0.25, 0.3) is 5.56 Å². The Morgan fingerprint density at radius 1 is 0.944 bits per heavy atom. The number of aryl methyl sites for hydroxylation is 2. The number of halogens is 5. The Kier molecular flexibility index (Phi) is 8.73. The summed E-state index contributed by atoms with van der Waals surface area (Å²) >= 11 is 14.1. The number of ether oxygens (including phenoxy) is 1. The first kappa shape index (κ1) is 36.0. The molecule has 1 aliphatic carbocycles. The highest BCUT2D eigenvalue weighted by molar-refractivity contribution is 6.39. The molecule has 2 saturated heterocycles. The van der Waals surface area contributed by atoms with Crippen molar-refractivity contribution in [3.05, 3.63) is 90.3 Å². The van der Waals surface area contributed by atoms with E-state index >= 15 is 0 Å². The zero-order valence-electron chi connectivity index (χ0n) is 29.3. The number of likely N-dealkylation sites (tertiary alicyclic amines) is 1. The number of fused-ring (bicyclic) bond motifs is 2. The van der Waals surface area contributed by atoms with Crippen LogP contribution in [0.1, 0.15) is 48.7 Å². The summed E-state index contributed by atoms with van der Waals surface area (Å²) in [6, 6.07) is 12.4. The molecule has 5 heterocycles. The average Bonchev–Trinajstić information content (AvgIpc) is 3.87. The van der Waals surface area contributed by atoms with Crippen molar-refractivity contribution in [2.24, 2.45) is 14.1 Å². The average molecular weight is 782 g/mol. The van der Waals surface area contributed by atoms with Crippen LogP contribution < -0.4 is 26.6 Å². The lowest BCUT2D eigenvalue weighted by molar-refractivity contribution is -0.144. The van der Waals surface area contributed by atoms with E-state index in [0.717, 1.165) is 59.0 Å². The molecule has 54 heavy (non-hydrogen) atoms. The molecule has 5 aromatic rings. The number of nitrogens with zero attached hydrogens (tertiary/aromatic N) is 6. The maximum Gasteiger partial charge on any atom is 0.451 e. The molecule has 8 rings (SSSR count). The van der Waals surface area contributed by atoms with Gasteiger partial charge in [0.1, 0.15) is 11.2 Å². The van der Waals surface area contributed by atoms with E-state index in [0.29, 0.717) is 39.7 Å². The molecule has 0 radical (unpaired) electrons. The van der Waals surface area contributed by atoms with Gasteiger partial charge in [-0.15, -0.1) is 0 Å². The normalized spacial score (nSPS) is 19.9. The molecule has 0 bridgehead atoms. The monoisotopic (exact) mass is 780 g/mol. The minimum atomic E-state index is -4.98. The SMILES string of the molecule is COc1nc(-c2cccc(-c3cccc(Nc4nc(C(F)(F)F)nc5c4c(=O)n(C)c(=O)n5C)c3Cl)c2Cl)cc2c1C(N1CCC3(CCC(=O)N3)C1)CC2. The summed E-state index contributed by atoms with van der Waals surface area (Å²) in [5.41, 5.74) is 2.03. The molecule has 0 saturated carbocycles. The van der Waals surface area contributed by atoms with E-state index in [4.69, 9.17) is 32.9 Å². The fraction of sp³-hybridized carbons (Fsp3) is 0.351. The van der Waals surface area contributed by atoms with Crippen LogP contribution >= 0.6 is 23.2 Å². The molecular formula is C37H33Cl2F3N8O4. The second-order valence-corrected chi connectivity index (χ2v) is 14.7. The van der Waals surface area contributed by atoms with Crippen molar-refractivity contribution in [3.8, 4) is 28.3 Å². The predicted octanol–water partition coefficient (Wildman–Crippen LogP) is 6.18. The van der Waals surface area contributed by atoms with E-state index in [2.05, 4.69) is 25.5 Å². The van der Waals surface area contributed by atoms with Crippen molar-refractivity contribution < 1.29 is 22.7 Å². The number of rotatable bonds is 6. The van der Waals surface area contributed by atoms with Crippen LogP contribution in [0.3, 0.4) is 0 Å². The van der Waals surface area contributed by atoms with Gasteiger partial charge in [-0.05, 0) is 43.4 Å². The van der Waals surface area contributed by atoms with E-state index in [1.807, 2.05) is 12.1 Å². The lowest BCUT2D eigenvalue weighted by atomic mass is 9.97. The highest BCUT2D eigenvalue weighted by Crippen LogP contribution is 2.47. The Labute approximate surface area is 315 Å². The molecule has 2 aromatic carbocycles. The van der Waals surface area contributed by atoms with Gasteiger partial charge in [-0.25, -0.2) is 19.7 Å². The molecule has 2 unspecified atom stereocenters. The molecule has 2 fully saturated rings. The Hall–Kier alpha value is -4.99. The van der Waals surface area contributed by atoms with Gasteiger partial charge in [0.15, 0.2) is 5.65 Å². The van der Waals surface area contributed by atoms with Crippen molar-refractivity contribution >= 4 is 51.6 Å². The van der Waals surface area contributed by atoms with Crippen LogP contribution in [-0.4, -0.2) is 60.6 Å². The van der Waals surface area contributed by atoms with Gasteiger partial charge in [0.2, 0.25) is 17.6 Å². The number of amides is 1. The lowest BCUT2D eigenvalue weighted by Crippen LogP contribution is -2.44. The molecule has 2 N–H and O–H groups in total. The summed E-state index contributed by atoms with van der Waals surface area (Å²) in [6.07, 6.45) is -0.984. The van der Waals surface area contributed by atoms with Gasteiger partial charge in [-0.3, -0.25) is 23.6 Å². The first-order valence-electron chi connectivity index (χ1n) is 17.2. The first-order chi connectivity index (χ1) is 25.7. The zero-order chi connectivity index (χ0) is 38.3. The van der Waals surface area contributed by atoms with E-state index in [-0.39, 0.29) is 33.6 Å². The summed E-state index contributed by atoms with van der Waals surface area (Å²) < 4.78 is 49.2. The van der Waals surface area contributed by atoms with Crippen LogP contribution in [0.4, 0.5) is 24.7 Å². The van der Waals surface area contributed by atoms with E-state index in [1.165, 1.54) is 20.2 Å². The zero-order valence-corrected chi connectivity index (χ0v) is 30.8. The number of nitrogens with one attached hydrogen (secondary N) is 2. The molecule has 2 atom stereocenters. The summed E-state index contributed by atoms with van der Waals surface area (Å²) in [5, 5.41) is 6.09. The van der Waals surface area contributed by atoms with Crippen LogP contribution in [0.5, 0.6) is 5.88 Å². The molecule has 3 aliphatic rings. The Bertz CT molecular complexity index is 2520. The number of hydrogen-bond acceptors (Lipinski definition) is 9. The van der Waals surface area contributed by atoms with E-state index < -0.39 is 34.7 Å². The van der Waals surface area contributed by atoms with Crippen molar-refractivity contribution in [3.63, 3.8) is 0 Å². The number of aromatic nitrogens is 5. The van der Waals surface area contributed by atoms with Gasteiger partial charge < -0.3 is 15.4 Å². The third-order valence-corrected chi connectivity index (χ3v) is 11.6. The number of methoxy groups -OCH3 is 1. The number of alkyl halides is 3. The highest BCUT2D eigenvalue weighted by atomic mass is 35.5. The summed E-state index contributed by atoms with van der Waals surface area (Å²) in [4.78, 5) is 52.3. The van der Waals surface area contributed by atoms with Crippen molar-refractivity contribution in [1.82, 2.24) is 34.3 Å². The topological polar surface area (TPSA) is 136 Å².